The van der Waals surface area contributed by atoms with Gasteiger partial charge in [0, 0.05) is 12.2 Å². The SMILES string of the molecule is CCC(O)(CC)CNC(=O)C(=O)Nc1ccc(F)c(C)c1. The molecule has 3 N–H and O–H groups in total. The number of rotatable bonds is 5. The lowest BCUT2D eigenvalue weighted by molar-refractivity contribution is -0.136. The first kappa shape index (κ1) is 17.1. The quantitative estimate of drug-likeness (QED) is 0.724. The third-order valence-electron chi connectivity index (χ3n) is 3.52. The maximum atomic E-state index is 13.1. The van der Waals surface area contributed by atoms with E-state index in [-0.39, 0.29) is 12.4 Å². The predicted molar refractivity (Wildman–Crippen MR) is 78.3 cm³/mol. The summed E-state index contributed by atoms with van der Waals surface area (Å²) >= 11 is 0. The molecule has 1 aromatic carbocycles. The molecular formula is C15H21FN2O3. The molecule has 0 fully saturated rings. The topological polar surface area (TPSA) is 78.4 Å². The van der Waals surface area contributed by atoms with E-state index in [4.69, 9.17) is 0 Å². The van der Waals surface area contributed by atoms with Crippen molar-refractivity contribution in [2.24, 2.45) is 0 Å². The summed E-state index contributed by atoms with van der Waals surface area (Å²) in [4.78, 5) is 23.4. The van der Waals surface area contributed by atoms with Gasteiger partial charge in [-0.05, 0) is 43.5 Å². The zero-order valence-electron chi connectivity index (χ0n) is 12.5. The highest BCUT2D eigenvalue weighted by Crippen LogP contribution is 2.14. The molecule has 0 saturated carbocycles. The second-order valence-corrected chi connectivity index (χ2v) is 5.03. The first-order valence-corrected chi connectivity index (χ1v) is 6.89. The Kier molecular flexibility index (Phi) is 5.84. The van der Waals surface area contributed by atoms with Crippen molar-refractivity contribution in [1.29, 1.82) is 0 Å². The van der Waals surface area contributed by atoms with E-state index in [0.29, 0.717) is 24.1 Å². The van der Waals surface area contributed by atoms with E-state index in [9.17, 15) is 19.1 Å². The summed E-state index contributed by atoms with van der Waals surface area (Å²) in [7, 11) is 0. The van der Waals surface area contributed by atoms with E-state index in [0.717, 1.165) is 0 Å². The Hall–Kier alpha value is -1.95. The molecule has 0 aliphatic rings. The van der Waals surface area contributed by atoms with E-state index in [1.165, 1.54) is 18.2 Å². The molecule has 0 spiro atoms. The van der Waals surface area contributed by atoms with Crippen molar-refractivity contribution in [1.82, 2.24) is 5.32 Å². The molecule has 1 aromatic rings. The smallest absolute Gasteiger partial charge is 0.313 e. The van der Waals surface area contributed by atoms with Gasteiger partial charge >= 0.3 is 11.8 Å². The average Bonchev–Trinajstić information content (AvgIpc) is 2.48. The maximum absolute atomic E-state index is 13.1. The van der Waals surface area contributed by atoms with Gasteiger partial charge in [-0.1, -0.05) is 13.8 Å². The van der Waals surface area contributed by atoms with Gasteiger partial charge in [0.15, 0.2) is 0 Å². The van der Waals surface area contributed by atoms with E-state index < -0.39 is 17.4 Å². The monoisotopic (exact) mass is 296 g/mol. The van der Waals surface area contributed by atoms with Gasteiger partial charge in [-0.3, -0.25) is 9.59 Å². The molecule has 2 amide bonds. The van der Waals surface area contributed by atoms with E-state index >= 15 is 0 Å². The van der Waals surface area contributed by atoms with Crippen LogP contribution in [-0.4, -0.2) is 29.1 Å². The number of carbonyl (C=O) groups is 2. The molecule has 0 atom stereocenters. The van der Waals surface area contributed by atoms with Crippen LogP contribution in [0.25, 0.3) is 0 Å². The number of halogens is 1. The summed E-state index contributed by atoms with van der Waals surface area (Å²) in [6, 6.07) is 4.03. The van der Waals surface area contributed by atoms with Gasteiger partial charge in [-0.2, -0.15) is 0 Å². The van der Waals surface area contributed by atoms with Crippen molar-refractivity contribution in [3.05, 3.63) is 29.6 Å². The second kappa shape index (κ2) is 7.17. The van der Waals surface area contributed by atoms with Crippen LogP contribution in [0, 0.1) is 12.7 Å². The van der Waals surface area contributed by atoms with Gasteiger partial charge in [0.05, 0.1) is 5.60 Å². The number of hydrogen-bond donors (Lipinski definition) is 3. The molecule has 0 aromatic heterocycles. The molecule has 0 unspecified atom stereocenters. The van der Waals surface area contributed by atoms with Gasteiger partial charge in [-0.15, -0.1) is 0 Å². The van der Waals surface area contributed by atoms with Crippen LogP contribution in [0.1, 0.15) is 32.3 Å². The minimum atomic E-state index is -1.01. The number of anilines is 1. The highest BCUT2D eigenvalue weighted by atomic mass is 19.1. The summed E-state index contributed by atoms with van der Waals surface area (Å²) in [6.07, 6.45) is 0.950. The molecule has 0 saturated heterocycles. The van der Waals surface area contributed by atoms with Crippen LogP contribution in [0.15, 0.2) is 18.2 Å². The third kappa shape index (κ3) is 4.82. The lowest BCUT2D eigenvalue weighted by Gasteiger charge is -2.25. The molecule has 21 heavy (non-hydrogen) atoms. The van der Waals surface area contributed by atoms with Crippen molar-refractivity contribution < 1.29 is 19.1 Å². The molecule has 5 nitrogen and oxygen atoms in total. The molecule has 0 aliphatic carbocycles. The van der Waals surface area contributed by atoms with Crippen LogP contribution in [-0.2, 0) is 9.59 Å². The number of nitrogens with one attached hydrogen (secondary N) is 2. The molecule has 1 rings (SSSR count). The third-order valence-corrected chi connectivity index (χ3v) is 3.52. The summed E-state index contributed by atoms with van der Waals surface area (Å²) in [5.41, 5.74) is -0.294. The van der Waals surface area contributed by atoms with Crippen LogP contribution < -0.4 is 10.6 Å². The zero-order chi connectivity index (χ0) is 16.0. The normalized spacial score (nSPS) is 11.1. The average molecular weight is 296 g/mol. The van der Waals surface area contributed by atoms with Crippen LogP contribution in [0.5, 0.6) is 0 Å². The van der Waals surface area contributed by atoms with Gasteiger partial charge in [0.1, 0.15) is 5.82 Å². The Balaban J connectivity index is 2.59. The van der Waals surface area contributed by atoms with Crippen LogP contribution in [0.2, 0.25) is 0 Å². The second-order valence-electron chi connectivity index (χ2n) is 5.03. The van der Waals surface area contributed by atoms with Crippen molar-refractivity contribution in [2.75, 3.05) is 11.9 Å². The first-order valence-electron chi connectivity index (χ1n) is 6.89. The van der Waals surface area contributed by atoms with Gasteiger partial charge < -0.3 is 15.7 Å². The minimum Gasteiger partial charge on any atom is -0.388 e. The fourth-order valence-electron chi connectivity index (χ4n) is 1.74. The summed E-state index contributed by atoms with van der Waals surface area (Å²) in [5.74, 6) is -2.07. The van der Waals surface area contributed by atoms with Crippen molar-refractivity contribution in [3.63, 3.8) is 0 Å². The summed E-state index contributed by atoms with van der Waals surface area (Å²) in [6.45, 7) is 5.18. The minimum absolute atomic E-state index is 0.00863. The van der Waals surface area contributed by atoms with Crippen molar-refractivity contribution >= 4 is 17.5 Å². The van der Waals surface area contributed by atoms with E-state index in [1.54, 1.807) is 20.8 Å². The molecular weight excluding hydrogens is 275 g/mol. The van der Waals surface area contributed by atoms with Crippen molar-refractivity contribution in [2.45, 2.75) is 39.2 Å². The first-order chi connectivity index (χ1) is 9.81. The molecule has 0 aliphatic heterocycles. The highest BCUT2D eigenvalue weighted by Gasteiger charge is 2.24. The van der Waals surface area contributed by atoms with Crippen LogP contribution in [0.3, 0.4) is 0 Å². The van der Waals surface area contributed by atoms with E-state index in [2.05, 4.69) is 10.6 Å². The van der Waals surface area contributed by atoms with E-state index in [1.807, 2.05) is 0 Å². The number of aryl methyl sites for hydroxylation is 1. The molecule has 6 heteroatoms. The Bertz CT molecular complexity index is 528. The fourth-order valence-corrected chi connectivity index (χ4v) is 1.74. The summed E-state index contributed by atoms with van der Waals surface area (Å²) in [5, 5.41) is 14.8. The Labute approximate surface area is 123 Å². The predicted octanol–water partition coefficient (Wildman–Crippen LogP) is 1.74. The standard InChI is InChI=1S/C15H21FN2O3/c1-4-15(21,5-2)9-17-13(19)14(20)18-11-6-7-12(16)10(3)8-11/h6-8,21H,4-5,9H2,1-3H3,(H,17,19)(H,18,20). The number of benzene rings is 1. The molecule has 0 radical (unpaired) electrons. The number of hydrogen-bond acceptors (Lipinski definition) is 3. The van der Waals surface area contributed by atoms with Gasteiger partial charge in [-0.25, -0.2) is 4.39 Å². The Morgan fingerprint density at radius 3 is 2.38 bits per heavy atom. The number of aliphatic hydroxyl groups is 1. The number of carbonyl (C=O) groups excluding carboxylic acids is 2. The van der Waals surface area contributed by atoms with Gasteiger partial charge in [0.25, 0.3) is 0 Å². The van der Waals surface area contributed by atoms with Crippen LogP contribution in [0.4, 0.5) is 10.1 Å². The maximum Gasteiger partial charge on any atom is 0.313 e. The fraction of sp³-hybridized carbons (Fsp3) is 0.467. The van der Waals surface area contributed by atoms with Gasteiger partial charge in [0.2, 0.25) is 0 Å². The largest absolute Gasteiger partial charge is 0.388 e. The highest BCUT2D eigenvalue weighted by molar-refractivity contribution is 6.39. The lowest BCUT2D eigenvalue weighted by atomic mass is 9.98. The lowest BCUT2D eigenvalue weighted by Crippen LogP contribution is -2.45. The molecule has 0 bridgehead atoms. The molecule has 116 valence electrons. The van der Waals surface area contributed by atoms with Crippen LogP contribution >= 0.6 is 0 Å². The zero-order valence-corrected chi connectivity index (χ0v) is 12.5. The number of amides is 2. The van der Waals surface area contributed by atoms with Crippen molar-refractivity contribution in [3.8, 4) is 0 Å². The Morgan fingerprint density at radius 2 is 1.86 bits per heavy atom. The molecule has 0 heterocycles. The summed E-state index contributed by atoms with van der Waals surface area (Å²) < 4.78 is 13.1. The Morgan fingerprint density at radius 1 is 1.24 bits per heavy atom.